The zero-order valence-corrected chi connectivity index (χ0v) is 33.8. The number of pyridine rings is 2. The normalized spacial score (nSPS) is 11.3. The number of hydrogen-bond acceptors (Lipinski definition) is 15. The van der Waals surface area contributed by atoms with Crippen molar-refractivity contribution in [1.82, 2.24) is 35.6 Å². The minimum absolute atomic E-state index is 0.0467. The zero-order chi connectivity index (χ0) is 41.8. The number of carbonyl (C=O) groups excluding carboxylic acids is 1. The van der Waals surface area contributed by atoms with Gasteiger partial charge in [0.15, 0.2) is 21.5 Å². The Morgan fingerprint density at radius 3 is 1.72 bits per heavy atom. The third kappa shape index (κ3) is 11.7. The second kappa shape index (κ2) is 19.3. The van der Waals surface area contributed by atoms with Gasteiger partial charge in [-0.15, -0.1) is 14.6 Å². The maximum absolute atomic E-state index is 12.3. The molecule has 3 heterocycles. The summed E-state index contributed by atoms with van der Waals surface area (Å²) >= 11 is 0. The molecule has 3 aromatic heterocycles. The van der Waals surface area contributed by atoms with E-state index in [4.69, 9.17) is 28.4 Å². The fraction of sp³-hybridized carbons (Fsp3) is 0.257. The average molecular weight is 828 g/mol. The van der Waals surface area contributed by atoms with Gasteiger partial charge in [0.1, 0.15) is 51.5 Å². The third-order valence-electron chi connectivity index (χ3n) is 7.30. The molecule has 57 heavy (non-hydrogen) atoms. The Morgan fingerprint density at radius 1 is 0.667 bits per heavy atom. The number of nitrogens with zero attached hydrogens (tertiary/aromatic N) is 6. The van der Waals surface area contributed by atoms with Crippen molar-refractivity contribution in [2.45, 2.75) is 5.75 Å². The summed E-state index contributed by atoms with van der Waals surface area (Å²) in [4.78, 5) is 20.7. The van der Waals surface area contributed by atoms with E-state index in [9.17, 15) is 21.6 Å². The average Bonchev–Trinajstić information content (AvgIpc) is 3.60. The Morgan fingerprint density at radius 2 is 1.19 bits per heavy atom. The molecule has 0 saturated heterocycles. The van der Waals surface area contributed by atoms with Gasteiger partial charge >= 0.3 is 0 Å². The topological polar surface area (TPSA) is 246 Å². The van der Waals surface area contributed by atoms with Crippen LogP contribution in [0.4, 0.5) is 5.69 Å². The van der Waals surface area contributed by atoms with Crippen LogP contribution < -0.4 is 44.6 Å². The zero-order valence-electron chi connectivity index (χ0n) is 32.1. The maximum Gasteiger partial charge on any atom is 0.288 e. The number of amides is 1. The van der Waals surface area contributed by atoms with Crippen LogP contribution in [0.5, 0.6) is 34.8 Å². The quantitative estimate of drug-likeness (QED) is 0.0877. The largest absolute Gasteiger partial charge is 0.494 e. The van der Waals surface area contributed by atoms with E-state index in [1.807, 2.05) is 0 Å². The van der Waals surface area contributed by atoms with Crippen LogP contribution in [0.1, 0.15) is 16.3 Å². The van der Waals surface area contributed by atoms with Crippen LogP contribution in [0.25, 0.3) is 17.2 Å². The first kappa shape index (κ1) is 43.1. The lowest BCUT2D eigenvalue weighted by Gasteiger charge is -2.17. The van der Waals surface area contributed by atoms with Crippen molar-refractivity contribution in [1.29, 1.82) is 0 Å². The van der Waals surface area contributed by atoms with E-state index >= 15 is 0 Å². The number of sulfone groups is 1. The van der Waals surface area contributed by atoms with Crippen molar-refractivity contribution in [2.75, 3.05) is 60.5 Å². The molecule has 5 rings (SSSR count). The van der Waals surface area contributed by atoms with Gasteiger partial charge < -0.3 is 33.7 Å². The van der Waals surface area contributed by atoms with Crippen molar-refractivity contribution in [3.05, 3.63) is 84.3 Å². The number of hydrazine groups is 1. The van der Waals surface area contributed by atoms with E-state index < -0.39 is 25.8 Å². The van der Waals surface area contributed by atoms with E-state index in [0.29, 0.717) is 51.8 Å². The number of hydrogen-bond donors (Lipinski definition) is 3. The lowest BCUT2D eigenvalue weighted by molar-refractivity contribution is 0.0938. The number of para-hydroxylation sites is 2. The van der Waals surface area contributed by atoms with Gasteiger partial charge in [-0.2, -0.15) is 0 Å². The predicted octanol–water partition coefficient (Wildman–Crippen LogP) is 2.67. The van der Waals surface area contributed by atoms with Gasteiger partial charge in [0, 0.05) is 18.4 Å². The van der Waals surface area contributed by atoms with Gasteiger partial charge in [-0.25, -0.2) is 26.8 Å². The Kier molecular flexibility index (Phi) is 14.5. The molecule has 304 valence electrons. The van der Waals surface area contributed by atoms with E-state index in [1.165, 1.54) is 48.7 Å². The Labute approximate surface area is 329 Å². The highest BCUT2D eigenvalue weighted by atomic mass is 32.2. The standard InChI is InChI=1S/C18H20N4O5S.C17H21N5O6S/c1-25-13-8-6-9-14(26-2)17(13)22-15(11-28(4,23)24)20-21-18(22)12-7-5-10-16(19-12)27-3;1-26-12-8-6-9-13(27-2)15(12)19-17(22-29(4,24)25)21-20-16(23)11-7-5-10-14(18-11)28-3/h5-10H,11H2,1-4H3;5-10H,1-4H3,(H,20,23)(H2,19,21,22). The summed E-state index contributed by atoms with van der Waals surface area (Å²) in [6, 6.07) is 20.0. The summed E-state index contributed by atoms with van der Waals surface area (Å²) in [6.45, 7) is 0. The lowest BCUT2D eigenvalue weighted by Crippen LogP contribution is -2.45. The molecule has 0 fully saturated rings. The molecule has 0 spiro atoms. The van der Waals surface area contributed by atoms with Crippen molar-refractivity contribution in [3.63, 3.8) is 0 Å². The number of benzene rings is 2. The minimum atomic E-state index is -3.81. The summed E-state index contributed by atoms with van der Waals surface area (Å²) in [5.74, 6) is 1.63. The highest BCUT2D eigenvalue weighted by molar-refractivity contribution is 7.90. The van der Waals surface area contributed by atoms with Crippen LogP contribution in [-0.4, -0.2) is 109 Å². The molecule has 0 saturated carbocycles. The fourth-order valence-electron chi connectivity index (χ4n) is 4.92. The number of guanidine groups is 1. The van der Waals surface area contributed by atoms with Gasteiger partial charge in [0.2, 0.25) is 17.7 Å². The molecule has 0 bridgehead atoms. The van der Waals surface area contributed by atoms with Crippen molar-refractivity contribution in [2.24, 2.45) is 4.40 Å². The van der Waals surface area contributed by atoms with Crippen LogP contribution in [0.2, 0.25) is 0 Å². The number of carbonyl (C=O) groups is 1. The number of methoxy groups -OCH3 is 6. The summed E-state index contributed by atoms with van der Waals surface area (Å²) in [5.41, 5.74) is 6.05. The van der Waals surface area contributed by atoms with Crippen molar-refractivity contribution in [3.8, 4) is 52.0 Å². The second-order valence-corrected chi connectivity index (χ2v) is 15.2. The lowest BCUT2D eigenvalue weighted by atomic mass is 10.2. The molecule has 0 aliphatic carbocycles. The first-order chi connectivity index (χ1) is 27.1. The molecule has 0 unspecified atom stereocenters. The Balaban J connectivity index is 0.000000253. The molecule has 20 nitrogen and oxygen atoms in total. The van der Waals surface area contributed by atoms with Gasteiger partial charge in [-0.1, -0.05) is 24.3 Å². The number of nitrogens with one attached hydrogen (secondary N) is 3. The van der Waals surface area contributed by atoms with Gasteiger partial charge in [0.05, 0.1) is 48.9 Å². The minimum Gasteiger partial charge on any atom is -0.494 e. The molecule has 3 N–H and O–H groups in total. The molecule has 0 atom stereocenters. The number of ether oxygens (including phenoxy) is 6. The third-order valence-corrected chi connectivity index (χ3v) is 8.59. The molecule has 5 aromatic rings. The van der Waals surface area contributed by atoms with Gasteiger partial charge in [0.25, 0.3) is 15.9 Å². The fourth-order valence-corrected chi connectivity index (χ4v) is 6.00. The highest BCUT2D eigenvalue weighted by Gasteiger charge is 2.25. The number of rotatable bonds is 13. The van der Waals surface area contributed by atoms with Crippen LogP contribution in [0.15, 0.2) is 77.2 Å². The molecule has 22 heteroatoms. The monoisotopic (exact) mass is 827 g/mol. The van der Waals surface area contributed by atoms with Crippen LogP contribution in [0, 0.1) is 0 Å². The molecule has 0 radical (unpaired) electrons. The first-order valence-corrected chi connectivity index (χ1v) is 20.3. The van der Waals surface area contributed by atoms with E-state index in [1.54, 1.807) is 71.3 Å². The molecular formula is C35H41N9O11S2. The number of anilines is 1. The summed E-state index contributed by atoms with van der Waals surface area (Å²) in [6.07, 6.45) is 2.04. The number of sulfonamides is 1. The van der Waals surface area contributed by atoms with E-state index in [0.717, 1.165) is 12.5 Å². The first-order valence-electron chi connectivity index (χ1n) is 16.3. The van der Waals surface area contributed by atoms with E-state index in [-0.39, 0.29) is 29.1 Å². The van der Waals surface area contributed by atoms with Crippen LogP contribution in [0.3, 0.4) is 0 Å². The highest BCUT2D eigenvalue weighted by Crippen LogP contribution is 2.37. The van der Waals surface area contributed by atoms with Crippen molar-refractivity contribution < 1.29 is 50.1 Å². The van der Waals surface area contributed by atoms with Gasteiger partial charge in [-0.05, 0) is 36.4 Å². The van der Waals surface area contributed by atoms with Crippen LogP contribution in [-0.2, 0) is 25.6 Å². The molecule has 1 amide bonds. The molecular weight excluding hydrogens is 787 g/mol. The van der Waals surface area contributed by atoms with E-state index in [2.05, 4.69) is 40.7 Å². The summed E-state index contributed by atoms with van der Waals surface area (Å²) in [7, 11) is 1.65. The SMILES string of the molecule is COc1cccc(-c2nnc(CS(C)(=O)=O)n2-c2c(OC)cccc2OC)n1.COc1cccc(C(=O)NNC(=NS(C)(=O)=O)Nc2c(OC)cccc2OC)n1. The second-order valence-electron chi connectivity index (χ2n) is 11.4. The van der Waals surface area contributed by atoms with Crippen molar-refractivity contribution >= 4 is 37.4 Å². The maximum atomic E-state index is 12.3. The molecule has 2 aromatic carbocycles. The predicted molar refractivity (Wildman–Crippen MR) is 210 cm³/mol. The smallest absolute Gasteiger partial charge is 0.288 e. The number of aromatic nitrogens is 5. The Hall–Kier alpha value is -6.68. The Bertz CT molecular complexity index is 2400. The molecule has 0 aliphatic heterocycles. The van der Waals surface area contributed by atoms with Crippen LogP contribution >= 0.6 is 0 Å². The summed E-state index contributed by atoms with van der Waals surface area (Å²) in [5, 5.41) is 11.0. The molecule has 0 aliphatic rings. The summed E-state index contributed by atoms with van der Waals surface area (Å²) < 4.78 is 84.0. The van der Waals surface area contributed by atoms with Gasteiger partial charge in [-0.3, -0.25) is 20.2 Å².